The number of carbonyl (C=O) groups excluding carboxylic acids is 1. The maximum atomic E-state index is 13.4. The van der Waals surface area contributed by atoms with Crippen molar-refractivity contribution in [1.82, 2.24) is 4.90 Å². The maximum absolute atomic E-state index is 13.4. The van der Waals surface area contributed by atoms with Crippen molar-refractivity contribution in [3.63, 3.8) is 0 Å². The van der Waals surface area contributed by atoms with Crippen molar-refractivity contribution in [2.45, 2.75) is 20.0 Å². The van der Waals surface area contributed by atoms with Crippen LogP contribution in [-0.4, -0.2) is 10.8 Å². The maximum Gasteiger partial charge on any atom is 0.290 e. The minimum absolute atomic E-state index is 0.221. The first-order valence-electron chi connectivity index (χ1n) is 8.76. The second-order valence-corrected chi connectivity index (χ2v) is 7.44. The largest absolute Gasteiger partial charge is 0.467 e. The summed E-state index contributed by atoms with van der Waals surface area (Å²) in [5.41, 5.74) is 2.31. The van der Waals surface area contributed by atoms with Crippen LogP contribution in [0.5, 0.6) is 0 Å². The van der Waals surface area contributed by atoms with Gasteiger partial charge in [-0.15, -0.1) is 0 Å². The van der Waals surface area contributed by atoms with Crippen LogP contribution >= 0.6 is 23.2 Å². The molecule has 28 heavy (non-hydrogen) atoms. The Morgan fingerprint density at radius 2 is 1.82 bits per heavy atom. The van der Waals surface area contributed by atoms with Crippen LogP contribution in [-0.2, 0) is 13.1 Å². The van der Waals surface area contributed by atoms with Gasteiger partial charge in [0, 0.05) is 27.5 Å². The van der Waals surface area contributed by atoms with Gasteiger partial charge in [0.1, 0.15) is 11.3 Å². The Kier molecular flexibility index (Phi) is 5.16. The molecule has 4 aromatic rings. The molecular formula is C22H17Cl2NO3. The number of furan rings is 2. The molecule has 1 amide bonds. The lowest BCUT2D eigenvalue weighted by molar-refractivity contribution is 0.0686. The van der Waals surface area contributed by atoms with Crippen molar-refractivity contribution in [2.24, 2.45) is 0 Å². The van der Waals surface area contributed by atoms with Crippen LogP contribution in [0.2, 0.25) is 10.0 Å². The molecule has 0 aliphatic heterocycles. The number of hydrogen-bond acceptors (Lipinski definition) is 3. The Hall–Kier alpha value is -2.69. The third kappa shape index (κ3) is 3.79. The SMILES string of the molecule is Cc1c(C(=O)N(Cc2cccc(Cl)c2)Cc2ccco2)oc2ccc(Cl)cc12. The van der Waals surface area contributed by atoms with Gasteiger partial charge >= 0.3 is 0 Å². The van der Waals surface area contributed by atoms with E-state index in [9.17, 15) is 4.79 Å². The summed E-state index contributed by atoms with van der Waals surface area (Å²) in [5.74, 6) is 0.763. The van der Waals surface area contributed by atoms with Crippen LogP contribution in [0.25, 0.3) is 11.0 Å². The first-order valence-corrected chi connectivity index (χ1v) is 9.51. The second-order valence-electron chi connectivity index (χ2n) is 6.57. The number of nitrogens with zero attached hydrogens (tertiary/aromatic N) is 1. The van der Waals surface area contributed by atoms with Gasteiger partial charge in [0.05, 0.1) is 12.8 Å². The zero-order chi connectivity index (χ0) is 19.7. The van der Waals surface area contributed by atoms with E-state index in [1.165, 1.54) is 0 Å². The lowest BCUT2D eigenvalue weighted by Crippen LogP contribution is -2.30. The number of benzene rings is 2. The molecule has 0 atom stereocenters. The van der Waals surface area contributed by atoms with Crippen LogP contribution in [0.3, 0.4) is 0 Å². The zero-order valence-corrected chi connectivity index (χ0v) is 16.6. The van der Waals surface area contributed by atoms with E-state index in [2.05, 4.69) is 0 Å². The average molecular weight is 414 g/mol. The van der Waals surface area contributed by atoms with Gasteiger partial charge in [-0.3, -0.25) is 4.79 Å². The van der Waals surface area contributed by atoms with Crippen LogP contribution in [0.4, 0.5) is 0 Å². The number of halogens is 2. The van der Waals surface area contributed by atoms with E-state index in [4.69, 9.17) is 32.0 Å². The summed E-state index contributed by atoms with van der Waals surface area (Å²) in [6.07, 6.45) is 1.59. The summed E-state index contributed by atoms with van der Waals surface area (Å²) in [5, 5.41) is 2.05. The Labute approximate surface area is 172 Å². The van der Waals surface area contributed by atoms with Crippen molar-refractivity contribution in [3.8, 4) is 0 Å². The zero-order valence-electron chi connectivity index (χ0n) is 15.1. The van der Waals surface area contributed by atoms with Crippen LogP contribution in [0, 0.1) is 6.92 Å². The highest BCUT2D eigenvalue weighted by Crippen LogP contribution is 2.29. The second kappa shape index (κ2) is 7.74. The molecular weight excluding hydrogens is 397 g/mol. The van der Waals surface area contributed by atoms with E-state index in [0.717, 1.165) is 16.5 Å². The summed E-state index contributed by atoms with van der Waals surface area (Å²) in [6, 6.07) is 16.4. The summed E-state index contributed by atoms with van der Waals surface area (Å²) < 4.78 is 11.3. The van der Waals surface area contributed by atoms with Gasteiger partial charge in [0.15, 0.2) is 5.76 Å². The smallest absolute Gasteiger partial charge is 0.290 e. The molecule has 0 saturated heterocycles. The third-order valence-corrected chi connectivity index (χ3v) is 5.04. The molecule has 2 aromatic heterocycles. The van der Waals surface area contributed by atoms with Crippen molar-refractivity contribution in [1.29, 1.82) is 0 Å². The lowest BCUT2D eigenvalue weighted by atomic mass is 10.1. The molecule has 142 valence electrons. The first kappa shape index (κ1) is 18.7. The number of aryl methyl sites for hydroxylation is 1. The normalized spacial score (nSPS) is 11.1. The summed E-state index contributed by atoms with van der Waals surface area (Å²) in [4.78, 5) is 15.0. The van der Waals surface area contributed by atoms with Crippen LogP contribution in [0.1, 0.15) is 27.4 Å². The quantitative estimate of drug-likeness (QED) is 0.375. The van der Waals surface area contributed by atoms with Gasteiger partial charge < -0.3 is 13.7 Å². The van der Waals surface area contributed by atoms with E-state index < -0.39 is 0 Å². The van der Waals surface area contributed by atoms with E-state index in [1.807, 2.05) is 31.2 Å². The first-order chi connectivity index (χ1) is 13.5. The Morgan fingerprint density at radius 1 is 1.00 bits per heavy atom. The number of hydrogen-bond donors (Lipinski definition) is 0. The van der Waals surface area contributed by atoms with Crippen LogP contribution < -0.4 is 0 Å². The molecule has 4 rings (SSSR count). The van der Waals surface area contributed by atoms with E-state index in [-0.39, 0.29) is 5.91 Å². The van der Waals surface area contributed by atoms with Gasteiger partial charge in [0.25, 0.3) is 5.91 Å². The molecule has 0 N–H and O–H groups in total. The number of fused-ring (bicyclic) bond motifs is 1. The fraction of sp³-hybridized carbons (Fsp3) is 0.136. The van der Waals surface area contributed by atoms with Crippen molar-refractivity contribution >= 4 is 40.1 Å². The molecule has 0 spiro atoms. The fourth-order valence-corrected chi connectivity index (χ4v) is 3.57. The monoisotopic (exact) mass is 413 g/mol. The molecule has 0 aliphatic rings. The molecule has 0 bridgehead atoms. The van der Waals surface area contributed by atoms with E-state index in [0.29, 0.717) is 40.2 Å². The van der Waals surface area contributed by atoms with Gasteiger partial charge in [0.2, 0.25) is 0 Å². The highest BCUT2D eigenvalue weighted by atomic mass is 35.5. The Balaban J connectivity index is 1.71. The van der Waals surface area contributed by atoms with Crippen molar-refractivity contribution in [3.05, 3.63) is 93.6 Å². The molecule has 0 radical (unpaired) electrons. The molecule has 0 saturated carbocycles. The van der Waals surface area contributed by atoms with Gasteiger partial charge in [-0.2, -0.15) is 0 Å². The van der Waals surface area contributed by atoms with Gasteiger partial charge in [-0.25, -0.2) is 0 Å². The number of amides is 1. The molecule has 2 aromatic carbocycles. The topological polar surface area (TPSA) is 46.6 Å². The number of rotatable bonds is 5. The standard InChI is InChI=1S/C22H17Cl2NO3/c1-14-19-11-17(24)7-8-20(19)28-21(14)22(26)25(13-18-6-3-9-27-18)12-15-4-2-5-16(23)10-15/h2-11H,12-13H2,1H3. The molecule has 0 aliphatic carbocycles. The minimum atomic E-state index is -0.221. The third-order valence-electron chi connectivity index (χ3n) is 4.57. The molecule has 0 unspecified atom stereocenters. The minimum Gasteiger partial charge on any atom is -0.467 e. The van der Waals surface area contributed by atoms with Crippen molar-refractivity contribution in [2.75, 3.05) is 0 Å². The molecule has 4 nitrogen and oxygen atoms in total. The van der Waals surface area contributed by atoms with Crippen LogP contribution in [0.15, 0.2) is 69.7 Å². The molecule has 0 fully saturated rings. The Bertz CT molecular complexity index is 1130. The summed E-state index contributed by atoms with van der Waals surface area (Å²) in [6.45, 7) is 2.55. The Morgan fingerprint density at radius 3 is 2.57 bits per heavy atom. The highest BCUT2D eigenvalue weighted by molar-refractivity contribution is 6.31. The summed E-state index contributed by atoms with van der Waals surface area (Å²) in [7, 11) is 0. The van der Waals surface area contributed by atoms with E-state index >= 15 is 0 Å². The summed E-state index contributed by atoms with van der Waals surface area (Å²) >= 11 is 12.2. The van der Waals surface area contributed by atoms with Gasteiger partial charge in [-0.05, 0) is 55.0 Å². The van der Waals surface area contributed by atoms with E-state index in [1.54, 1.807) is 41.5 Å². The molecule has 6 heteroatoms. The fourth-order valence-electron chi connectivity index (χ4n) is 3.19. The highest BCUT2D eigenvalue weighted by Gasteiger charge is 2.24. The molecule has 2 heterocycles. The van der Waals surface area contributed by atoms with Crippen molar-refractivity contribution < 1.29 is 13.6 Å². The average Bonchev–Trinajstić information content (AvgIpc) is 3.29. The predicted octanol–water partition coefficient (Wildman–Crippen LogP) is 6.48. The lowest BCUT2D eigenvalue weighted by Gasteiger charge is -2.21. The van der Waals surface area contributed by atoms with Gasteiger partial charge in [-0.1, -0.05) is 35.3 Å². The predicted molar refractivity (Wildman–Crippen MR) is 110 cm³/mol. The number of carbonyl (C=O) groups is 1.